The Morgan fingerprint density at radius 1 is 1.21 bits per heavy atom. The summed E-state index contributed by atoms with van der Waals surface area (Å²) >= 11 is 0. The molecule has 1 aliphatic rings. The Labute approximate surface area is 90.0 Å². The molecule has 1 N–H and O–H groups in total. The maximum Gasteiger partial charge on any atom is 0.0480 e. The molecule has 1 unspecified atom stereocenters. The van der Waals surface area contributed by atoms with Crippen LogP contribution in [0.5, 0.6) is 0 Å². The minimum absolute atomic E-state index is 0.830. The normalized spacial score (nSPS) is 21.8. The highest BCUT2D eigenvalue weighted by molar-refractivity contribution is 6.76. The van der Waals surface area contributed by atoms with Crippen LogP contribution < -0.4 is 5.32 Å². The van der Waals surface area contributed by atoms with Crippen LogP contribution in [0, 0.1) is 0 Å². The molecule has 1 aliphatic heterocycles. The molecule has 0 bridgehead atoms. The zero-order valence-electron chi connectivity index (χ0n) is 9.97. The largest absolute Gasteiger partial charge is 0.311 e. The Kier molecular flexibility index (Phi) is 4.89. The number of hydrogen-bond donors (Lipinski definition) is 1. The number of unbranched alkanes of at least 4 members (excludes halogenated alkanes) is 2. The van der Waals surface area contributed by atoms with Crippen molar-refractivity contribution in [1.29, 1.82) is 0 Å². The van der Waals surface area contributed by atoms with Gasteiger partial charge in [0.2, 0.25) is 0 Å². The predicted molar refractivity (Wildman–Crippen MR) is 67.6 cm³/mol. The second kappa shape index (κ2) is 5.71. The lowest BCUT2D eigenvalue weighted by molar-refractivity contribution is 0.678. The van der Waals surface area contributed by atoms with Crippen molar-refractivity contribution in [2.75, 3.05) is 6.54 Å². The van der Waals surface area contributed by atoms with Crippen LogP contribution in [0.4, 0.5) is 0 Å². The standard InChI is InChI=1S/C12H25NSi/c1-14(2,3)10-8-6-4-5-7-9-12-11-13-12/h6,8,12-13H,4-5,7,9-11H2,1-3H3/b8-6+. The van der Waals surface area contributed by atoms with Crippen LogP contribution in [-0.4, -0.2) is 20.7 Å². The van der Waals surface area contributed by atoms with E-state index in [9.17, 15) is 0 Å². The summed E-state index contributed by atoms with van der Waals surface area (Å²) in [6.07, 6.45) is 10.2. The van der Waals surface area contributed by atoms with Crippen molar-refractivity contribution in [2.24, 2.45) is 0 Å². The van der Waals surface area contributed by atoms with Crippen molar-refractivity contribution in [1.82, 2.24) is 5.32 Å². The molecule has 0 aromatic rings. The molecule has 1 saturated heterocycles. The lowest BCUT2D eigenvalue weighted by Crippen LogP contribution is -2.17. The average molecular weight is 211 g/mol. The third-order valence-electron chi connectivity index (χ3n) is 2.56. The van der Waals surface area contributed by atoms with Gasteiger partial charge in [-0.2, -0.15) is 0 Å². The summed E-state index contributed by atoms with van der Waals surface area (Å²) in [6, 6.07) is 2.22. The van der Waals surface area contributed by atoms with Crippen molar-refractivity contribution in [3.63, 3.8) is 0 Å². The molecule has 0 spiro atoms. The first-order chi connectivity index (χ1) is 6.58. The lowest BCUT2D eigenvalue weighted by atomic mass is 10.1. The summed E-state index contributed by atoms with van der Waals surface area (Å²) in [5, 5.41) is 3.34. The van der Waals surface area contributed by atoms with Crippen LogP contribution in [0.25, 0.3) is 0 Å². The second-order valence-corrected chi connectivity index (χ2v) is 11.2. The van der Waals surface area contributed by atoms with Gasteiger partial charge in [0.05, 0.1) is 0 Å². The van der Waals surface area contributed by atoms with Gasteiger partial charge in [0.25, 0.3) is 0 Å². The molecular formula is C12H25NSi. The van der Waals surface area contributed by atoms with Crippen LogP contribution in [0.3, 0.4) is 0 Å². The summed E-state index contributed by atoms with van der Waals surface area (Å²) < 4.78 is 0. The Balaban J connectivity index is 1.86. The van der Waals surface area contributed by atoms with Crippen molar-refractivity contribution in [3.05, 3.63) is 12.2 Å². The van der Waals surface area contributed by atoms with Gasteiger partial charge >= 0.3 is 0 Å². The molecule has 0 aliphatic carbocycles. The van der Waals surface area contributed by atoms with Crippen LogP contribution in [0.1, 0.15) is 25.7 Å². The van der Waals surface area contributed by atoms with E-state index in [0.29, 0.717) is 0 Å². The van der Waals surface area contributed by atoms with Crippen molar-refractivity contribution in [2.45, 2.75) is 57.4 Å². The fraction of sp³-hybridized carbons (Fsp3) is 0.833. The molecule has 1 heterocycles. The summed E-state index contributed by atoms with van der Waals surface area (Å²) in [6.45, 7) is 8.55. The van der Waals surface area contributed by atoms with Crippen molar-refractivity contribution >= 4 is 8.07 Å². The molecule has 0 aromatic heterocycles. The summed E-state index contributed by atoms with van der Waals surface area (Å²) in [5.74, 6) is 0. The van der Waals surface area contributed by atoms with Gasteiger partial charge in [-0.05, 0) is 25.3 Å². The smallest absolute Gasteiger partial charge is 0.0480 e. The van der Waals surface area contributed by atoms with Gasteiger partial charge in [-0.3, -0.25) is 0 Å². The first-order valence-corrected chi connectivity index (χ1v) is 9.67. The predicted octanol–water partition coefficient (Wildman–Crippen LogP) is 3.41. The number of rotatable bonds is 7. The van der Waals surface area contributed by atoms with E-state index in [1.54, 1.807) is 0 Å². The van der Waals surface area contributed by atoms with E-state index < -0.39 is 8.07 Å². The van der Waals surface area contributed by atoms with Gasteiger partial charge in [0, 0.05) is 20.7 Å². The highest BCUT2D eigenvalue weighted by Gasteiger charge is 2.18. The van der Waals surface area contributed by atoms with Crippen LogP contribution in [0.15, 0.2) is 12.2 Å². The molecule has 82 valence electrons. The minimum atomic E-state index is -0.830. The van der Waals surface area contributed by atoms with E-state index in [1.165, 1.54) is 38.3 Å². The maximum absolute atomic E-state index is 3.34. The van der Waals surface area contributed by atoms with E-state index in [0.717, 1.165) is 6.04 Å². The fourth-order valence-corrected chi connectivity index (χ4v) is 2.37. The van der Waals surface area contributed by atoms with E-state index in [1.807, 2.05) is 0 Å². The van der Waals surface area contributed by atoms with Crippen molar-refractivity contribution < 1.29 is 0 Å². The first kappa shape index (κ1) is 12.0. The Hall–Kier alpha value is -0.0831. The molecule has 1 nitrogen and oxygen atoms in total. The SMILES string of the molecule is C[Si](C)(C)C/C=C/CCCCC1CN1. The van der Waals surface area contributed by atoms with E-state index in [-0.39, 0.29) is 0 Å². The quantitative estimate of drug-likeness (QED) is 0.296. The molecule has 0 aromatic carbocycles. The summed E-state index contributed by atoms with van der Waals surface area (Å²) in [7, 11) is -0.830. The summed E-state index contributed by atoms with van der Waals surface area (Å²) in [5.41, 5.74) is 0. The second-order valence-electron chi connectivity index (χ2n) is 5.63. The highest BCUT2D eigenvalue weighted by Crippen LogP contribution is 2.11. The molecule has 1 rings (SSSR count). The van der Waals surface area contributed by atoms with Crippen LogP contribution in [0.2, 0.25) is 25.7 Å². The van der Waals surface area contributed by atoms with E-state index in [4.69, 9.17) is 0 Å². The Morgan fingerprint density at radius 2 is 1.93 bits per heavy atom. The first-order valence-electron chi connectivity index (χ1n) is 5.96. The molecule has 2 heteroatoms. The molecule has 0 saturated carbocycles. The van der Waals surface area contributed by atoms with Gasteiger partial charge in [0.1, 0.15) is 0 Å². The third kappa shape index (κ3) is 7.33. The minimum Gasteiger partial charge on any atom is -0.311 e. The number of nitrogens with one attached hydrogen (secondary N) is 1. The zero-order valence-corrected chi connectivity index (χ0v) is 11.0. The Bertz CT molecular complexity index is 177. The lowest BCUT2D eigenvalue weighted by Gasteiger charge is -2.11. The van der Waals surface area contributed by atoms with E-state index in [2.05, 4.69) is 37.1 Å². The highest BCUT2D eigenvalue weighted by atomic mass is 28.3. The number of allylic oxidation sites excluding steroid dienone is 2. The average Bonchev–Trinajstić information content (AvgIpc) is 2.84. The van der Waals surface area contributed by atoms with E-state index >= 15 is 0 Å². The van der Waals surface area contributed by atoms with Gasteiger partial charge in [0.15, 0.2) is 0 Å². The third-order valence-corrected chi connectivity index (χ3v) is 4.02. The molecule has 1 fully saturated rings. The monoisotopic (exact) mass is 211 g/mol. The fourth-order valence-electron chi connectivity index (χ4n) is 1.50. The zero-order chi connectivity index (χ0) is 10.4. The van der Waals surface area contributed by atoms with Crippen LogP contribution in [-0.2, 0) is 0 Å². The van der Waals surface area contributed by atoms with Gasteiger partial charge in [-0.1, -0.05) is 38.2 Å². The van der Waals surface area contributed by atoms with Gasteiger partial charge in [-0.25, -0.2) is 0 Å². The van der Waals surface area contributed by atoms with Gasteiger partial charge in [-0.15, -0.1) is 0 Å². The van der Waals surface area contributed by atoms with Crippen LogP contribution >= 0.6 is 0 Å². The molecule has 0 radical (unpaired) electrons. The molecular weight excluding hydrogens is 186 g/mol. The molecule has 1 atom stereocenters. The van der Waals surface area contributed by atoms with Gasteiger partial charge < -0.3 is 5.32 Å². The topological polar surface area (TPSA) is 21.9 Å². The van der Waals surface area contributed by atoms with Crippen molar-refractivity contribution in [3.8, 4) is 0 Å². The Morgan fingerprint density at radius 3 is 2.50 bits per heavy atom. The summed E-state index contributed by atoms with van der Waals surface area (Å²) in [4.78, 5) is 0. The molecule has 14 heavy (non-hydrogen) atoms. The molecule has 0 amide bonds. The maximum atomic E-state index is 3.34. The number of hydrogen-bond acceptors (Lipinski definition) is 1.